The number of hydrogen-bond donors (Lipinski definition) is 0. The Morgan fingerprint density at radius 3 is 2.87 bits per heavy atom. The Labute approximate surface area is 136 Å². The molecule has 0 bridgehead atoms. The van der Waals surface area contributed by atoms with Crippen molar-refractivity contribution in [1.82, 2.24) is 4.90 Å². The van der Waals surface area contributed by atoms with Crippen molar-refractivity contribution in [2.24, 2.45) is 5.92 Å². The number of hydrogen-bond acceptors (Lipinski definition) is 4. The first-order valence-electron chi connectivity index (χ1n) is 8.11. The Hall–Kier alpha value is -2.01. The van der Waals surface area contributed by atoms with E-state index in [-0.39, 0.29) is 12.7 Å². The van der Waals surface area contributed by atoms with Crippen LogP contribution in [0.15, 0.2) is 30.9 Å². The van der Waals surface area contributed by atoms with Crippen molar-refractivity contribution < 1.29 is 19.0 Å². The van der Waals surface area contributed by atoms with Gasteiger partial charge in [0.2, 0.25) is 12.7 Å². The second-order valence-corrected chi connectivity index (χ2v) is 6.01. The highest BCUT2D eigenvalue weighted by Gasteiger charge is 2.23. The first-order chi connectivity index (χ1) is 11.3. The van der Waals surface area contributed by atoms with Crippen LogP contribution in [0.3, 0.4) is 0 Å². The third-order valence-corrected chi connectivity index (χ3v) is 4.35. The number of rotatable bonds is 6. The summed E-state index contributed by atoms with van der Waals surface area (Å²) in [6, 6.07) is 5.70. The molecule has 0 spiro atoms. The second-order valence-electron chi connectivity index (χ2n) is 6.01. The summed E-state index contributed by atoms with van der Waals surface area (Å²) in [6.07, 6.45) is 4.19. The average molecular weight is 317 g/mol. The lowest BCUT2D eigenvalue weighted by atomic mass is 9.97. The first-order valence-corrected chi connectivity index (χ1v) is 8.11. The van der Waals surface area contributed by atoms with Crippen molar-refractivity contribution in [3.05, 3.63) is 36.4 Å². The van der Waals surface area contributed by atoms with Gasteiger partial charge >= 0.3 is 0 Å². The summed E-state index contributed by atoms with van der Waals surface area (Å²) in [4.78, 5) is 14.4. The van der Waals surface area contributed by atoms with Crippen LogP contribution in [-0.2, 0) is 16.0 Å². The van der Waals surface area contributed by atoms with Gasteiger partial charge < -0.3 is 19.1 Å². The van der Waals surface area contributed by atoms with Crippen molar-refractivity contribution in [3.8, 4) is 11.5 Å². The molecular weight excluding hydrogens is 294 g/mol. The van der Waals surface area contributed by atoms with E-state index >= 15 is 0 Å². The molecule has 0 radical (unpaired) electrons. The SMILES string of the molecule is C=CCOCC1CCN(C(=O)Cc2ccc3c(c2)OCO3)CC1. The van der Waals surface area contributed by atoms with Crippen LogP contribution < -0.4 is 9.47 Å². The largest absolute Gasteiger partial charge is 0.454 e. The number of likely N-dealkylation sites (tertiary alicyclic amines) is 1. The van der Waals surface area contributed by atoms with E-state index in [1.165, 1.54) is 0 Å². The van der Waals surface area contributed by atoms with Gasteiger partial charge in [0.15, 0.2) is 11.5 Å². The van der Waals surface area contributed by atoms with Gasteiger partial charge in [-0.25, -0.2) is 0 Å². The van der Waals surface area contributed by atoms with Gasteiger partial charge in [-0.15, -0.1) is 6.58 Å². The van der Waals surface area contributed by atoms with Gasteiger partial charge in [0.1, 0.15) is 0 Å². The van der Waals surface area contributed by atoms with Gasteiger partial charge in [0.25, 0.3) is 0 Å². The molecule has 0 aliphatic carbocycles. The highest BCUT2D eigenvalue weighted by Crippen LogP contribution is 2.32. The monoisotopic (exact) mass is 317 g/mol. The lowest BCUT2D eigenvalue weighted by Gasteiger charge is -2.32. The second kappa shape index (κ2) is 7.51. The fourth-order valence-corrected chi connectivity index (χ4v) is 3.00. The minimum absolute atomic E-state index is 0.175. The molecule has 1 aromatic carbocycles. The maximum absolute atomic E-state index is 12.4. The van der Waals surface area contributed by atoms with E-state index in [1.807, 2.05) is 23.1 Å². The fraction of sp³-hybridized carbons (Fsp3) is 0.500. The van der Waals surface area contributed by atoms with E-state index in [1.54, 1.807) is 6.08 Å². The van der Waals surface area contributed by atoms with Gasteiger partial charge in [-0.05, 0) is 36.5 Å². The van der Waals surface area contributed by atoms with Crippen molar-refractivity contribution in [2.75, 3.05) is 33.1 Å². The summed E-state index contributed by atoms with van der Waals surface area (Å²) in [5, 5.41) is 0. The first kappa shape index (κ1) is 15.9. The molecule has 0 unspecified atom stereocenters. The maximum atomic E-state index is 12.4. The van der Waals surface area contributed by atoms with E-state index in [0.717, 1.165) is 49.6 Å². The highest BCUT2D eigenvalue weighted by molar-refractivity contribution is 5.79. The number of carbonyl (C=O) groups is 1. The molecule has 1 saturated heterocycles. The summed E-state index contributed by atoms with van der Waals surface area (Å²) >= 11 is 0. The van der Waals surface area contributed by atoms with Crippen LogP contribution in [0.2, 0.25) is 0 Å². The number of amides is 1. The molecule has 5 nitrogen and oxygen atoms in total. The number of benzene rings is 1. The zero-order valence-corrected chi connectivity index (χ0v) is 13.3. The minimum Gasteiger partial charge on any atom is -0.454 e. The Morgan fingerprint density at radius 1 is 1.30 bits per heavy atom. The molecular formula is C18H23NO4. The molecule has 2 aliphatic heterocycles. The van der Waals surface area contributed by atoms with Gasteiger partial charge in [-0.3, -0.25) is 4.79 Å². The zero-order valence-electron chi connectivity index (χ0n) is 13.3. The summed E-state index contributed by atoms with van der Waals surface area (Å²) in [6.45, 7) is 6.89. The van der Waals surface area contributed by atoms with Crippen LogP contribution in [-0.4, -0.2) is 43.9 Å². The normalized spacial score (nSPS) is 17.3. The molecule has 0 N–H and O–H groups in total. The van der Waals surface area contributed by atoms with Crippen LogP contribution in [0.4, 0.5) is 0 Å². The molecule has 23 heavy (non-hydrogen) atoms. The Bertz CT molecular complexity index is 564. The van der Waals surface area contributed by atoms with Gasteiger partial charge in [-0.2, -0.15) is 0 Å². The highest BCUT2D eigenvalue weighted by atomic mass is 16.7. The summed E-state index contributed by atoms with van der Waals surface area (Å²) in [7, 11) is 0. The Balaban J connectivity index is 1.47. The predicted octanol–water partition coefficient (Wildman–Crippen LogP) is 2.40. The lowest BCUT2D eigenvalue weighted by Crippen LogP contribution is -2.40. The van der Waals surface area contributed by atoms with Gasteiger partial charge in [0, 0.05) is 19.7 Å². The van der Waals surface area contributed by atoms with Crippen LogP contribution >= 0.6 is 0 Å². The molecule has 1 aromatic rings. The molecule has 0 atom stereocenters. The fourth-order valence-electron chi connectivity index (χ4n) is 3.00. The number of carbonyl (C=O) groups excluding carboxylic acids is 1. The standard InChI is InChI=1S/C18H23NO4/c1-2-9-21-12-14-5-7-19(8-6-14)18(20)11-15-3-4-16-17(10-15)23-13-22-16/h2-4,10,14H,1,5-9,11-13H2. The number of nitrogens with zero attached hydrogens (tertiary/aromatic N) is 1. The lowest BCUT2D eigenvalue weighted by molar-refractivity contribution is -0.132. The minimum atomic E-state index is 0.175. The molecule has 1 amide bonds. The van der Waals surface area contributed by atoms with Crippen LogP contribution in [0, 0.1) is 5.92 Å². The molecule has 0 saturated carbocycles. The molecule has 0 aromatic heterocycles. The maximum Gasteiger partial charge on any atom is 0.231 e. The third-order valence-electron chi connectivity index (χ3n) is 4.35. The molecule has 2 aliphatic rings. The molecule has 124 valence electrons. The van der Waals surface area contributed by atoms with Crippen molar-refractivity contribution in [2.45, 2.75) is 19.3 Å². The van der Waals surface area contributed by atoms with E-state index in [9.17, 15) is 4.79 Å². The van der Waals surface area contributed by atoms with E-state index in [2.05, 4.69) is 6.58 Å². The van der Waals surface area contributed by atoms with Crippen LogP contribution in [0.5, 0.6) is 11.5 Å². The predicted molar refractivity (Wildman–Crippen MR) is 86.6 cm³/mol. The van der Waals surface area contributed by atoms with E-state index in [4.69, 9.17) is 14.2 Å². The molecule has 3 rings (SSSR count). The van der Waals surface area contributed by atoms with Crippen LogP contribution in [0.25, 0.3) is 0 Å². The summed E-state index contributed by atoms with van der Waals surface area (Å²) < 4.78 is 16.2. The van der Waals surface area contributed by atoms with E-state index in [0.29, 0.717) is 18.9 Å². The third kappa shape index (κ3) is 4.05. The smallest absolute Gasteiger partial charge is 0.231 e. The molecule has 5 heteroatoms. The zero-order chi connectivity index (χ0) is 16.1. The van der Waals surface area contributed by atoms with Crippen molar-refractivity contribution in [1.29, 1.82) is 0 Å². The van der Waals surface area contributed by atoms with Gasteiger partial charge in [0.05, 0.1) is 13.0 Å². The molecule has 1 fully saturated rings. The average Bonchev–Trinajstić information content (AvgIpc) is 3.03. The summed E-state index contributed by atoms with van der Waals surface area (Å²) in [5.41, 5.74) is 0.968. The summed E-state index contributed by atoms with van der Waals surface area (Å²) in [5.74, 6) is 2.20. The Morgan fingerprint density at radius 2 is 2.09 bits per heavy atom. The quantitative estimate of drug-likeness (QED) is 0.597. The van der Waals surface area contributed by atoms with Gasteiger partial charge in [-0.1, -0.05) is 12.1 Å². The van der Waals surface area contributed by atoms with E-state index < -0.39 is 0 Å². The van der Waals surface area contributed by atoms with Crippen LogP contribution in [0.1, 0.15) is 18.4 Å². The number of piperidine rings is 1. The number of ether oxygens (including phenoxy) is 3. The topological polar surface area (TPSA) is 48.0 Å². The van der Waals surface area contributed by atoms with Crippen molar-refractivity contribution >= 4 is 5.91 Å². The van der Waals surface area contributed by atoms with Crippen molar-refractivity contribution in [3.63, 3.8) is 0 Å². The number of fused-ring (bicyclic) bond motifs is 1. The Kier molecular flexibility index (Phi) is 5.18. The molecule has 2 heterocycles.